The van der Waals surface area contributed by atoms with Gasteiger partial charge in [0.1, 0.15) is 5.54 Å². The Labute approximate surface area is 138 Å². The lowest BCUT2D eigenvalue weighted by Crippen LogP contribution is -2.57. The van der Waals surface area contributed by atoms with E-state index in [0.29, 0.717) is 12.5 Å². The molecule has 2 rings (SSSR count). The van der Waals surface area contributed by atoms with Gasteiger partial charge in [-0.2, -0.15) is 11.8 Å². The molecule has 22 heavy (non-hydrogen) atoms. The summed E-state index contributed by atoms with van der Waals surface area (Å²) in [6.45, 7) is 7.79. The molecule has 0 aromatic carbocycles. The number of likely N-dealkylation sites (N-methyl/N-ethyl adjacent to an activating group) is 1. The molecule has 0 aliphatic carbocycles. The van der Waals surface area contributed by atoms with Crippen molar-refractivity contribution in [3.63, 3.8) is 0 Å². The number of imide groups is 1. The van der Waals surface area contributed by atoms with Crippen LogP contribution in [0, 0.1) is 5.92 Å². The molecule has 5 nitrogen and oxygen atoms in total. The standard InChI is InChI=1S/C16H29N3O2S/c1-13(2)12-19-15(21)17(3)14(20)16(19)6-9-18(10-7-16)8-5-11-22-4/h13H,5-12H2,1-4H3. The second-order valence-corrected chi connectivity index (χ2v) is 7.86. The molecule has 2 fully saturated rings. The Morgan fingerprint density at radius 2 is 1.86 bits per heavy atom. The molecule has 0 N–H and O–H groups in total. The van der Waals surface area contributed by atoms with Crippen LogP contribution < -0.4 is 0 Å². The highest BCUT2D eigenvalue weighted by atomic mass is 32.2. The molecule has 1 spiro atoms. The summed E-state index contributed by atoms with van der Waals surface area (Å²) in [6, 6.07) is -0.116. The van der Waals surface area contributed by atoms with Gasteiger partial charge in [-0.1, -0.05) is 13.8 Å². The van der Waals surface area contributed by atoms with Crippen LogP contribution in [0.2, 0.25) is 0 Å². The molecule has 0 unspecified atom stereocenters. The first-order valence-corrected chi connectivity index (χ1v) is 9.63. The van der Waals surface area contributed by atoms with Gasteiger partial charge in [0, 0.05) is 26.7 Å². The van der Waals surface area contributed by atoms with E-state index in [1.807, 2.05) is 16.7 Å². The summed E-state index contributed by atoms with van der Waals surface area (Å²) in [5.41, 5.74) is -0.577. The van der Waals surface area contributed by atoms with Crippen LogP contribution >= 0.6 is 11.8 Å². The SMILES string of the molecule is CSCCCN1CCC2(CC1)C(=O)N(C)C(=O)N2CC(C)C. The van der Waals surface area contributed by atoms with Crippen molar-refractivity contribution in [3.05, 3.63) is 0 Å². The number of amides is 3. The lowest BCUT2D eigenvalue weighted by Gasteiger charge is -2.42. The van der Waals surface area contributed by atoms with Crippen LogP contribution in [-0.4, -0.2) is 77.4 Å². The normalized spacial score (nSPS) is 22.4. The number of likely N-dealkylation sites (tertiary alicyclic amines) is 1. The Balaban J connectivity index is 2.05. The minimum Gasteiger partial charge on any atom is -0.309 e. The van der Waals surface area contributed by atoms with Crippen molar-refractivity contribution in [2.24, 2.45) is 5.92 Å². The van der Waals surface area contributed by atoms with Crippen molar-refractivity contribution in [1.82, 2.24) is 14.7 Å². The molecule has 2 aliphatic rings. The molecule has 0 bridgehead atoms. The number of rotatable bonds is 6. The Hall–Kier alpha value is -0.750. The van der Waals surface area contributed by atoms with Gasteiger partial charge in [0.15, 0.2) is 0 Å². The highest BCUT2D eigenvalue weighted by Gasteiger charge is 2.56. The zero-order chi connectivity index (χ0) is 16.3. The number of thioether (sulfide) groups is 1. The van der Waals surface area contributed by atoms with Crippen LogP contribution in [-0.2, 0) is 4.79 Å². The molecule has 6 heteroatoms. The fourth-order valence-corrected chi connectivity index (χ4v) is 3.98. The highest BCUT2D eigenvalue weighted by molar-refractivity contribution is 7.98. The molecule has 2 aliphatic heterocycles. The summed E-state index contributed by atoms with van der Waals surface area (Å²) < 4.78 is 0. The molecule has 0 radical (unpaired) electrons. The number of hydrogen-bond donors (Lipinski definition) is 0. The van der Waals surface area contributed by atoms with Crippen molar-refractivity contribution in [1.29, 1.82) is 0 Å². The second-order valence-electron chi connectivity index (χ2n) is 6.87. The predicted molar refractivity (Wildman–Crippen MR) is 91.1 cm³/mol. The maximum atomic E-state index is 12.7. The maximum Gasteiger partial charge on any atom is 0.327 e. The second kappa shape index (κ2) is 7.21. The van der Waals surface area contributed by atoms with Crippen LogP contribution in [0.3, 0.4) is 0 Å². The molecule has 0 atom stereocenters. The van der Waals surface area contributed by atoms with Crippen LogP contribution in [0.1, 0.15) is 33.1 Å². The zero-order valence-electron chi connectivity index (χ0n) is 14.3. The largest absolute Gasteiger partial charge is 0.327 e. The number of piperidine rings is 1. The third-order valence-electron chi connectivity index (χ3n) is 4.79. The van der Waals surface area contributed by atoms with Crippen LogP contribution in [0.4, 0.5) is 4.79 Å². The fourth-order valence-electron chi connectivity index (χ4n) is 3.56. The Morgan fingerprint density at radius 1 is 1.23 bits per heavy atom. The first-order valence-electron chi connectivity index (χ1n) is 8.23. The average Bonchev–Trinajstić information content (AvgIpc) is 2.65. The third-order valence-corrected chi connectivity index (χ3v) is 5.49. The summed E-state index contributed by atoms with van der Waals surface area (Å²) >= 11 is 1.88. The lowest BCUT2D eigenvalue weighted by molar-refractivity contribution is -0.135. The van der Waals surface area contributed by atoms with E-state index in [-0.39, 0.29) is 11.9 Å². The van der Waals surface area contributed by atoms with Crippen molar-refractivity contribution in [3.8, 4) is 0 Å². The molecule has 3 amide bonds. The molecule has 0 aromatic rings. The van der Waals surface area contributed by atoms with Gasteiger partial charge in [-0.15, -0.1) is 0 Å². The van der Waals surface area contributed by atoms with Gasteiger partial charge >= 0.3 is 6.03 Å². The topological polar surface area (TPSA) is 43.9 Å². The molecule has 0 saturated carbocycles. The quantitative estimate of drug-likeness (QED) is 0.554. The van der Waals surface area contributed by atoms with E-state index in [4.69, 9.17) is 0 Å². The van der Waals surface area contributed by atoms with Gasteiger partial charge in [0.25, 0.3) is 5.91 Å². The minimum absolute atomic E-state index is 0.00177. The van der Waals surface area contributed by atoms with Gasteiger partial charge in [-0.25, -0.2) is 4.79 Å². The molecule has 2 heterocycles. The molecule has 0 aromatic heterocycles. The molecular weight excluding hydrogens is 298 g/mol. The summed E-state index contributed by atoms with van der Waals surface area (Å²) in [4.78, 5) is 30.7. The molecule has 2 saturated heterocycles. The van der Waals surface area contributed by atoms with E-state index in [9.17, 15) is 9.59 Å². The fraction of sp³-hybridized carbons (Fsp3) is 0.875. The number of urea groups is 1. The van der Waals surface area contributed by atoms with Gasteiger partial charge in [0.05, 0.1) is 0 Å². The van der Waals surface area contributed by atoms with Gasteiger partial charge in [-0.3, -0.25) is 9.69 Å². The lowest BCUT2D eigenvalue weighted by atomic mass is 9.85. The minimum atomic E-state index is -0.577. The maximum absolute atomic E-state index is 12.7. The van der Waals surface area contributed by atoms with Crippen molar-refractivity contribution in [2.75, 3.05) is 45.2 Å². The number of carbonyl (C=O) groups is 2. The highest BCUT2D eigenvalue weighted by Crippen LogP contribution is 2.37. The first-order chi connectivity index (χ1) is 10.4. The summed E-state index contributed by atoms with van der Waals surface area (Å²) in [5, 5.41) is 0. The van der Waals surface area contributed by atoms with Gasteiger partial charge in [0.2, 0.25) is 0 Å². The summed E-state index contributed by atoms with van der Waals surface area (Å²) in [7, 11) is 1.62. The monoisotopic (exact) mass is 327 g/mol. The van der Waals surface area contributed by atoms with E-state index in [2.05, 4.69) is 25.0 Å². The van der Waals surface area contributed by atoms with E-state index in [1.165, 1.54) is 17.1 Å². The summed E-state index contributed by atoms with van der Waals surface area (Å²) in [5.74, 6) is 1.56. The van der Waals surface area contributed by atoms with E-state index in [0.717, 1.165) is 32.5 Å². The molecular formula is C16H29N3O2S. The predicted octanol–water partition coefficient (Wildman–Crippen LogP) is 2.12. The van der Waals surface area contributed by atoms with Crippen molar-refractivity contribution in [2.45, 2.75) is 38.6 Å². The van der Waals surface area contributed by atoms with Crippen LogP contribution in [0.5, 0.6) is 0 Å². The zero-order valence-corrected chi connectivity index (χ0v) is 15.1. The average molecular weight is 327 g/mol. The Morgan fingerprint density at radius 3 is 2.41 bits per heavy atom. The van der Waals surface area contributed by atoms with E-state index >= 15 is 0 Å². The summed E-state index contributed by atoms with van der Waals surface area (Å²) in [6.07, 6.45) is 4.87. The van der Waals surface area contributed by atoms with Gasteiger partial charge in [-0.05, 0) is 43.7 Å². The van der Waals surface area contributed by atoms with Crippen LogP contribution in [0.25, 0.3) is 0 Å². The van der Waals surface area contributed by atoms with E-state index in [1.54, 1.807) is 7.05 Å². The van der Waals surface area contributed by atoms with E-state index < -0.39 is 5.54 Å². The third kappa shape index (κ3) is 3.27. The first kappa shape index (κ1) is 17.6. The number of nitrogens with zero attached hydrogens (tertiary/aromatic N) is 3. The van der Waals surface area contributed by atoms with Crippen LogP contribution in [0.15, 0.2) is 0 Å². The number of carbonyl (C=O) groups excluding carboxylic acids is 2. The number of hydrogen-bond acceptors (Lipinski definition) is 4. The molecule has 126 valence electrons. The smallest absolute Gasteiger partial charge is 0.309 e. The van der Waals surface area contributed by atoms with Crippen molar-refractivity contribution < 1.29 is 9.59 Å². The van der Waals surface area contributed by atoms with Crippen molar-refractivity contribution >= 4 is 23.7 Å². The Bertz CT molecular complexity index is 420. The van der Waals surface area contributed by atoms with Gasteiger partial charge < -0.3 is 9.80 Å². The Kier molecular flexibility index (Phi) is 5.77.